The minimum atomic E-state index is -1.64. The number of nitrogens with zero attached hydrogens (tertiary/aromatic N) is 3. The largest absolute Gasteiger partial charge is 1.00 e. The van der Waals surface area contributed by atoms with Crippen molar-refractivity contribution in [3.63, 3.8) is 0 Å². The summed E-state index contributed by atoms with van der Waals surface area (Å²) in [7, 11) is 0. The first-order chi connectivity index (χ1) is 12.7. The Morgan fingerprint density at radius 3 is 2.31 bits per heavy atom. The van der Waals surface area contributed by atoms with Crippen LogP contribution in [0.5, 0.6) is 0 Å². The predicted octanol–water partition coefficient (Wildman–Crippen LogP) is -7.72. The van der Waals surface area contributed by atoms with Crippen molar-refractivity contribution in [1.29, 1.82) is 0 Å². The van der Waals surface area contributed by atoms with E-state index in [0.29, 0.717) is 11.0 Å². The molecule has 3 atom stereocenters. The van der Waals surface area contributed by atoms with E-state index in [4.69, 9.17) is 5.11 Å². The number of aliphatic hydroxyl groups excluding tert-OH is 4. The first-order valence-corrected chi connectivity index (χ1v) is 8.29. The molecule has 12 heteroatoms. The Kier molecular flexibility index (Phi) is 8.93. The molecule has 0 saturated carbocycles. The van der Waals surface area contributed by atoms with Gasteiger partial charge in [-0.05, 0) is 37.1 Å². The van der Waals surface area contributed by atoms with Gasteiger partial charge in [-0.3, -0.25) is 9.78 Å². The molecular weight excluding hydrogens is 415 g/mol. The second kappa shape index (κ2) is 10.1. The van der Waals surface area contributed by atoms with E-state index in [2.05, 4.69) is 15.0 Å². The number of hydrogen-bond donors (Lipinski definition) is 5. The molecule has 2 aliphatic rings. The topological polar surface area (TPSA) is 162 Å². The van der Waals surface area contributed by atoms with Gasteiger partial charge in [-0.15, -0.1) is 0 Å². The molecule has 0 saturated heterocycles. The van der Waals surface area contributed by atoms with E-state index in [-0.39, 0.29) is 60.0 Å². The van der Waals surface area contributed by atoms with Crippen molar-refractivity contribution >= 4 is 11.0 Å². The van der Waals surface area contributed by atoms with Crippen LogP contribution in [0.2, 0.25) is 0 Å². The molecule has 0 spiro atoms. The molecule has 29 heavy (non-hydrogen) atoms. The smallest absolute Gasteiger partial charge is 1.00 e. The predicted molar refractivity (Wildman–Crippen MR) is 95.6 cm³/mol. The second-order valence-corrected chi connectivity index (χ2v) is 6.50. The van der Waals surface area contributed by atoms with Crippen LogP contribution in [0, 0.1) is 13.8 Å². The molecule has 0 radical (unpaired) electrons. The van der Waals surface area contributed by atoms with Gasteiger partial charge < -0.3 is 37.4 Å². The number of aliphatic hydroxyl groups is 4. The summed E-state index contributed by atoms with van der Waals surface area (Å²) in [6, 6.07) is 3.53. The van der Waals surface area contributed by atoms with Crippen LogP contribution in [0.1, 0.15) is 11.1 Å². The molecule has 1 aromatic rings. The summed E-state index contributed by atoms with van der Waals surface area (Å²) in [5, 5.41) is 38.8. The number of fused-ring (bicyclic) bond motifs is 2. The fraction of sp³-hybridized carbons (Fsp3) is 0.412. The van der Waals surface area contributed by atoms with Crippen molar-refractivity contribution in [2.24, 2.45) is 0 Å². The molecule has 2 aliphatic heterocycles. The Balaban J connectivity index is 0.00000210. The molecule has 3 rings (SSSR count). The number of halogens is 1. The van der Waals surface area contributed by atoms with Gasteiger partial charge in [-0.1, -0.05) is 0 Å². The fourth-order valence-electron chi connectivity index (χ4n) is 2.89. The maximum Gasteiger partial charge on any atom is 1.00 e. The molecule has 1 aromatic carbocycles. The summed E-state index contributed by atoms with van der Waals surface area (Å²) in [6.07, 6.45) is -4.68. The zero-order valence-electron chi connectivity index (χ0n) is 16.1. The fourth-order valence-corrected chi connectivity index (χ4v) is 2.89. The molecule has 5 N–H and O–H groups in total. The van der Waals surface area contributed by atoms with Crippen molar-refractivity contribution in [3.05, 3.63) is 44.1 Å². The van der Waals surface area contributed by atoms with E-state index in [1.165, 1.54) is 4.57 Å². The number of H-pyrrole nitrogens is 1. The molecule has 0 unspecified atom stereocenters. The van der Waals surface area contributed by atoms with Gasteiger partial charge in [-0.25, -0.2) is 9.78 Å². The van der Waals surface area contributed by atoms with Crippen LogP contribution in [-0.4, -0.2) is 64.9 Å². The van der Waals surface area contributed by atoms with Crippen molar-refractivity contribution in [2.75, 3.05) is 6.61 Å². The van der Waals surface area contributed by atoms with E-state index >= 15 is 0 Å². The van der Waals surface area contributed by atoms with Crippen LogP contribution < -0.4 is 53.2 Å². The maximum absolute atomic E-state index is 12.2. The number of nitrogens with one attached hydrogen (secondary N) is 1. The summed E-state index contributed by atoms with van der Waals surface area (Å²) in [6.45, 7) is 2.73. The normalized spacial score (nSPS) is 14.1. The van der Waals surface area contributed by atoms with E-state index in [9.17, 15) is 24.9 Å². The standard InChI is InChI=1S/C17H20N4O6.ClH.Na/c1-7-3-9-10(4-8(7)2)21(5-11(23)14(25)12(24)6-22)15-13(18-9)16(26)20-17(27)19-15;;/h3-4,11-12,14,22-25H,5-6H2,1-2H3,(H,20,26,27);1H;/q;;+1/p-1/t11-,12+,14-;;/m0../s1. The molecule has 0 fully saturated rings. The summed E-state index contributed by atoms with van der Waals surface area (Å²) in [4.78, 5) is 34.0. The average molecular weight is 435 g/mol. The van der Waals surface area contributed by atoms with Gasteiger partial charge in [-0.2, -0.15) is 4.98 Å². The monoisotopic (exact) mass is 434 g/mol. The minimum Gasteiger partial charge on any atom is -1.00 e. The molecule has 2 heterocycles. The number of aryl methyl sites for hydroxylation is 2. The van der Waals surface area contributed by atoms with Crippen LogP contribution in [0.25, 0.3) is 22.6 Å². The molecular formula is C17H20ClN4NaO6. The third-order valence-corrected chi connectivity index (χ3v) is 4.57. The molecule has 0 aliphatic carbocycles. The third kappa shape index (κ3) is 5.04. The summed E-state index contributed by atoms with van der Waals surface area (Å²) in [5.74, 6) is -0.0516. The number of rotatable bonds is 5. The number of benzene rings is 1. The van der Waals surface area contributed by atoms with Gasteiger partial charge in [0.2, 0.25) is 0 Å². The molecule has 0 aromatic heterocycles. The Morgan fingerprint density at radius 1 is 1.07 bits per heavy atom. The molecule has 152 valence electrons. The summed E-state index contributed by atoms with van der Waals surface area (Å²) >= 11 is 0. The van der Waals surface area contributed by atoms with Gasteiger partial charge in [0, 0.05) is 0 Å². The zero-order chi connectivity index (χ0) is 19.9. The number of aromatic nitrogens is 4. The van der Waals surface area contributed by atoms with Gasteiger partial charge in [0.25, 0.3) is 5.56 Å². The van der Waals surface area contributed by atoms with E-state index in [0.717, 1.165) is 11.1 Å². The van der Waals surface area contributed by atoms with Gasteiger partial charge in [0.15, 0.2) is 11.5 Å². The Bertz CT molecular complexity index is 1090. The average Bonchev–Trinajstić information content (AvgIpc) is 2.62. The minimum absolute atomic E-state index is 0. The van der Waals surface area contributed by atoms with E-state index < -0.39 is 36.2 Å². The summed E-state index contributed by atoms with van der Waals surface area (Å²) < 4.78 is 1.40. The SMILES string of the molecule is Cc1cc2nc3c(=O)[nH]c(=O)nc-3n(C[C@H](O)[C@H](O)[C@H](O)CO)c2cc1C.[Cl-].[Na+]. The molecule has 10 nitrogen and oxygen atoms in total. The Hall–Kier alpha value is -1.37. The third-order valence-electron chi connectivity index (χ3n) is 4.57. The second-order valence-electron chi connectivity index (χ2n) is 6.50. The Morgan fingerprint density at radius 2 is 1.69 bits per heavy atom. The first-order valence-electron chi connectivity index (χ1n) is 8.29. The molecule has 0 amide bonds. The number of aromatic amines is 1. The first kappa shape index (κ1) is 25.7. The maximum atomic E-state index is 12.2. The Labute approximate surface area is 193 Å². The van der Waals surface area contributed by atoms with Gasteiger partial charge in [0.1, 0.15) is 18.3 Å². The van der Waals surface area contributed by atoms with Gasteiger partial charge >= 0.3 is 35.2 Å². The number of hydrogen-bond acceptors (Lipinski definition) is 8. The van der Waals surface area contributed by atoms with Crippen LogP contribution in [0.15, 0.2) is 21.7 Å². The van der Waals surface area contributed by atoms with E-state index in [1.807, 2.05) is 13.8 Å². The van der Waals surface area contributed by atoms with Crippen molar-refractivity contribution in [3.8, 4) is 11.5 Å². The quantitative estimate of drug-likeness (QED) is 0.195. The van der Waals surface area contributed by atoms with Gasteiger partial charge in [0.05, 0.1) is 24.2 Å². The van der Waals surface area contributed by atoms with Crippen molar-refractivity contribution in [2.45, 2.75) is 38.7 Å². The molecule has 0 bridgehead atoms. The van der Waals surface area contributed by atoms with Crippen LogP contribution in [0.3, 0.4) is 0 Å². The van der Waals surface area contributed by atoms with Crippen LogP contribution in [0.4, 0.5) is 0 Å². The zero-order valence-corrected chi connectivity index (χ0v) is 18.9. The van der Waals surface area contributed by atoms with E-state index in [1.54, 1.807) is 12.1 Å². The van der Waals surface area contributed by atoms with Crippen molar-refractivity contribution < 1.29 is 62.4 Å². The van der Waals surface area contributed by atoms with Crippen LogP contribution in [-0.2, 0) is 6.54 Å². The van der Waals surface area contributed by atoms with Crippen molar-refractivity contribution in [1.82, 2.24) is 19.5 Å². The summed E-state index contributed by atoms with van der Waals surface area (Å²) in [5.41, 5.74) is 1.11. The van der Waals surface area contributed by atoms with Crippen LogP contribution >= 0.6 is 0 Å².